The summed E-state index contributed by atoms with van der Waals surface area (Å²) in [6.45, 7) is 2.36. The Labute approximate surface area is 95.7 Å². The standard InChI is InChI=1S/C7H13F2N5OS/c1-15-5-3-10-2-4-14-7(11-12-13-14)16-6(8)9/h6,10H,2-5H2,1H3. The Morgan fingerprint density at radius 1 is 1.50 bits per heavy atom. The zero-order chi connectivity index (χ0) is 11.8. The molecule has 0 atom stereocenters. The van der Waals surface area contributed by atoms with E-state index in [4.69, 9.17) is 4.74 Å². The maximum atomic E-state index is 12.1. The van der Waals surface area contributed by atoms with E-state index < -0.39 is 5.76 Å². The lowest BCUT2D eigenvalue weighted by Crippen LogP contribution is -2.24. The molecule has 16 heavy (non-hydrogen) atoms. The molecule has 0 radical (unpaired) electrons. The summed E-state index contributed by atoms with van der Waals surface area (Å²) in [5.74, 6) is -2.51. The topological polar surface area (TPSA) is 64.9 Å². The second-order valence-corrected chi connectivity index (χ2v) is 3.76. The fraction of sp³-hybridized carbons (Fsp3) is 0.857. The van der Waals surface area contributed by atoms with Crippen molar-refractivity contribution in [2.75, 3.05) is 26.8 Å². The normalized spacial score (nSPS) is 11.2. The Morgan fingerprint density at radius 2 is 2.31 bits per heavy atom. The van der Waals surface area contributed by atoms with Crippen molar-refractivity contribution in [3.63, 3.8) is 0 Å². The van der Waals surface area contributed by atoms with E-state index in [1.165, 1.54) is 4.68 Å². The molecule has 0 aliphatic carbocycles. The molecule has 92 valence electrons. The third kappa shape index (κ3) is 4.81. The SMILES string of the molecule is COCCNCCn1nnnc1SC(F)F. The number of halogens is 2. The molecule has 6 nitrogen and oxygen atoms in total. The minimum absolute atomic E-state index is 0.128. The molecule has 1 N–H and O–H groups in total. The lowest BCUT2D eigenvalue weighted by atomic mass is 10.6. The van der Waals surface area contributed by atoms with Crippen molar-refractivity contribution < 1.29 is 13.5 Å². The summed E-state index contributed by atoms with van der Waals surface area (Å²) in [5, 5.41) is 13.7. The van der Waals surface area contributed by atoms with E-state index in [1.807, 2.05) is 0 Å². The second kappa shape index (κ2) is 7.47. The van der Waals surface area contributed by atoms with Crippen LogP contribution in [-0.2, 0) is 11.3 Å². The molecule has 0 aliphatic rings. The molecule has 1 aromatic heterocycles. The van der Waals surface area contributed by atoms with Crippen LogP contribution in [-0.4, -0.2) is 52.8 Å². The van der Waals surface area contributed by atoms with Gasteiger partial charge < -0.3 is 10.1 Å². The summed E-state index contributed by atoms with van der Waals surface area (Å²) in [6.07, 6.45) is 0. The summed E-state index contributed by atoms with van der Waals surface area (Å²) in [6, 6.07) is 0. The molecule has 1 aromatic rings. The maximum Gasteiger partial charge on any atom is 0.291 e. The van der Waals surface area contributed by atoms with Crippen LogP contribution in [0.2, 0.25) is 0 Å². The molecular weight excluding hydrogens is 240 g/mol. The molecule has 0 aromatic carbocycles. The molecule has 0 unspecified atom stereocenters. The Hall–Kier alpha value is -0.800. The number of hydrogen-bond acceptors (Lipinski definition) is 6. The highest BCUT2D eigenvalue weighted by molar-refractivity contribution is 7.99. The number of ether oxygens (including phenoxy) is 1. The number of thioether (sulfide) groups is 1. The summed E-state index contributed by atoms with van der Waals surface area (Å²) in [5.41, 5.74) is 0. The zero-order valence-electron chi connectivity index (χ0n) is 8.77. The highest BCUT2D eigenvalue weighted by Gasteiger charge is 2.12. The van der Waals surface area contributed by atoms with E-state index in [9.17, 15) is 8.78 Å². The average Bonchev–Trinajstić information content (AvgIpc) is 2.64. The third-order valence-electron chi connectivity index (χ3n) is 1.68. The van der Waals surface area contributed by atoms with Crippen molar-refractivity contribution in [2.45, 2.75) is 17.5 Å². The van der Waals surface area contributed by atoms with Crippen LogP contribution < -0.4 is 5.32 Å². The maximum absolute atomic E-state index is 12.1. The second-order valence-electron chi connectivity index (χ2n) is 2.81. The molecule has 0 fully saturated rings. The molecule has 9 heteroatoms. The number of aromatic nitrogens is 4. The van der Waals surface area contributed by atoms with E-state index in [0.29, 0.717) is 38.0 Å². The first-order valence-electron chi connectivity index (χ1n) is 4.64. The molecule has 1 rings (SSSR count). The number of hydrogen-bond donors (Lipinski definition) is 1. The molecule has 0 saturated heterocycles. The molecule has 0 amide bonds. The lowest BCUT2D eigenvalue weighted by molar-refractivity contribution is 0.199. The van der Waals surface area contributed by atoms with Gasteiger partial charge in [-0.3, -0.25) is 0 Å². The Balaban J connectivity index is 2.27. The highest BCUT2D eigenvalue weighted by atomic mass is 32.2. The van der Waals surface area contributed by atoms with Gasteiger partial charge in [-0.1, -0.05) is 0 Å². The molecule has 0 spiro atoms. The number of nitrogens with one attached hydrogen (secondary N) is 1. The molecular formula is C7H13F2N5OS. The van der Waals surface area contributed by atoms with Crippen molar-refractivity contribution in [3.05, 3.63) is 0 Å². The summed E-state index contributed by atoms with van der Waals surface area (Å²) < 4.78 is 30.4. The van der Waals surface area contributed by atoms with Crippen LogP contribution in [0.4, 0.5) is 8.78 Å². The van der Waals surface area contributed by atoms with Gasteiger partial charge >= 0.3 is 0 Å². The first-order valence-corrected chi connectivity index (χ1v) is 5.52. The number of nitrogens with zero attached hydrogens (tertiary/aromatic N) is 4. The molecule has 1 heterocycles. The van der Waals surface area contributed by atoms with Crippen molar-refractivity contribution in [1.29, 1.82) is 0 Å². The Kier molecular flexibility index (Phi) is 6.19. The quantitative estimate of drug-likeness (QED) is 0.528. The van der Waals surface area contributed by atoms with E-state index >= 15 is 0 Å². The fourth-order valence-electron chi connectivity index (χ4n) is 0.985. The van der Waals surface area contributed by atoms with Crippen LogP contribution >= 0.6 is 11.8 Å². The van der Waals surface area contributed by atoms with Gasteiger partial charge in [0.15, 0.2) is 0 Å². The van der Waals surface area contributed by atoms with Crippen molar-refractivity contribution in [1.82, 2.24) is 25.5 Å². The van der Waals surface area contributed by atoms with Crippen LogP contribution in [0.3, 0.4) is 0 Å². The summed E-state index contributed by atoms with van der Waals surface area (Å²) >= 11 is 0.341. The van der Waals surface area contributed by atoms with Gasteiger partial charge in [0.05, 0.1) is 13.2 Å². The zero-order valence-corrected chi connectivity index (χ0v) is 9.58. The Bertz CT molecular complexity index is 298. The summed E-state index contributed by atoms with van der Waals surface area (Å²) in [7, 11) is 1.61. The van der Waals surface area contributed by atoms with Gasteiger partial charge in [-0.05, 0) is 22.2 Å². The van der Waals surface area contributed by atoms with Gasteiger partial charge in [-0.25, -0.2) is 4.68 Å². The van der Waals surface area contributed by atoms with Gasteiger partial charge in [-0.2, -0.15) is 8.78 Å². The monoisotopic (exact) mass is 253 g/mol. The van der Waals surface area contributed by atoms with Crippen molar-refractivity contribution in [2.24, 2.45) is 0 Å². The van der Waals surface area contributed by atoms with Crippen LogP contribution in [0.25, 0.3) is 0 Å². The minimum Gasteiger partial charge on any atom is -0.383 e. The predicted molar refractivity (Wildman–Crippen MR) is 54.4 cm³/mol. The van der Waals surface area contributed by atoms with Gasteiger partial charge in [0.1, 0.15) is 0 Å². The van der Waals surface area contributed by atoms with Crippen LogP contribution in [0, 0.1) is 0 Å². The van der Waals surface area contributed by atoms with Crippen LogP contribution in [0.15, 0.2) is 5.16 Å². The first kappa shape index (κ1) is 13.3. The first-order chi connectivity index (χ1) is 7.74. The van der Waals surface area contributed by atoms with Gasteiger partial charge in [0.2, 0.25) is 5.16 Å². The molecule has 0 saturated carbocycles. The third-order valence-corrected chi connectivity index (χ3v) is 2.36. The fourth-order valence-corrected chi connectivity index (χ4v) is 1.48. The number of methoxy groups -OCH3 is 1. The van der Waals surface area contributed by atoms with E-state index in [-0.39, 0.29) is 5.16 Å². The summed E-state index contributed by atoms with van der Waals surface area (Å²) in [4.78, 5) is 0. The molecule has 0 aliphatic heterocycles. The number of alkyl halides is 2. The van der Waals surface area contributed by atoms with Gasteiger partial charge in [0.25, 0.3) is 5.76 Å². The lowest BCUT2D eigenvalue weighted by Gasteiger charge is -2.05. The largest absolute Gasteiger partial charge is 0.383 e. The van der Waals surface area contributed by atoms with Crippen molar-refractivity contribution >= 4 is 11.8 Å². The number of rotatable bonds is 8. The van der Waals surface area contributed by atoms with Gasteiger partial charge in [-0.15, -0.1) is 5.10 Å². The van der Waals surface area contributed by atoms with Gasteiger partial charge in [0, 0.05) is 20.2 Å². The smallest absolute Gasteiger partial charge is 0.291 e. The molecule has 0 bridgehead atoms. The van der Waals surface area contributed by atoms with Crippen LogP contribution in [0.1, 0.15) is 0 Å². The highest BCUT2D eigenvalue weighted by Crippen LogP contribution is 2.21. The predicted octanol–water partition coefficient (Wildman–Crippen LogP) is 0.224. The van der Waals surface area contributed by atoms with E-state index in [1.54, 1.807) is 7.11 Å². The Morgan fingerprint density at radius 3 is 3.00 bits per heavy atom. The van der Waals surface area contributed by atoms with E-state index in [0.717, 1.165) is 0 Å². The van der Waals surface area contributed by atoms with E-state index in [2.05, 4.69) is 20.8 Å². The van der Waals surface area contributed by atoms with Crippen LogP contribution in [0.5, 0.6) is 0 Å². The van der Waals surface area contributed by atoms with Crippen molar-refractivity contribution in [3.8, 4) is 0 Å². The minimum atomic E-state index is -2.51. The number of tetrazole rings is 1. The average molecular weight is 253 g/mol.